The summed E-state index contributed by atoms with van der Waals surface area (Å²) in [6.07, 6.45) is 3.01. The van der Waals surface area contributed by atoms with Crippen LogP contribution in [-0.4, -0.2) is 5.78 Å². The van der Waals surface area contributed by atoms with Crippen molar-refractivity contribution in [1.82, 2.24) is 0 Å². The fourth-order valence-corrected chi connectivity index (χ4v) is 1.72. The summed E-state index contributed by atoms with van der Waals surface area (Å²) >= 11 is 0. The molecule has 0 aromatic heterocycles. The van der Waals surface area contributed by atoms with Crippen molar-refractivity contribution in [3.8, 4) is 0 Å². The zero-order valence-corrected chi connectivity index (χ0v) is 8.09. The average Bonchev–Trinajstić information content (AvgIpc) is 2.59. The highest BCUT2D eigenvalue weighted by Crippen LogP contribution is 2.22. The van der Waals surface area contributed by atoms with Gasteiger partial charge in [-0.05, 0) is 30.5 Å². The Balaban J connectivity index is 2.21. The number of rotatable bonds is 2. The number of benzene rings is 1. The van der Waals surface area contributed by atoms with E-state index >= 15 is 0 Å². The quantitative estimate of drug-likeness (QED) is 0.730. The molecule has 2 rings (SSSR count). The van der Waals surface area contributed by atoms with Crippen LogP contribution in [0.3, 0.4) is 0 Å². The van der Waals surface area contributed by atoms with E-state index in [0.717, 1.165) is 11.6 Å². The molecule has 0 heterocycles. The van der Waals surface area contributed by atoms with E-state index in [4.69, 9.17) is 0 Å². The molecule has 15 heavy (non-hydrogen) atoms. The number of ketones is 1. The van der Waals surface area contributed by atoms with Crippen molar-refractivity contribution in [2.24, 2.45) is 0 Å². The molecule has 1 aromatic carbocycles. The minimum atomic E-state index is -0.836. The van der Waals surface area contributed by atoms with Crippen LogP contribution in [0.4, 0.5) is 8.78 Å². The molecule has 0 amide bonds. The minimum absolute atomic E-state index is 0.0711. The van der Waals surface area contributed by atoms with Gasteiger partial charge in [0.05, 0.1) is 0 Å². The Labute approximate surface area is 86.4 Å². The Morgan fingerprint density at radius 1 is 1.20 bits per heavy atom. The molecule has 0 saturated heterocycles. The summed E-state index contributed by atoms with van der Waals surface area (Å²) in [5.41, 5.74) is 1.19. The predicted octanol–water partition coefficient (Wildman–Crippen LogP) is 2.80. The first kappa shape index (κ1) is 10.0. The number of allylic oxidation sites excluding steroid dienone is 2. The van der Waals surface area contributed by atoms with Crippen LogP contribution in [0, 0.1) is 11.6 Å². The molecule has 0 unspecified atom stereocenters. The number of halogens is 2. The minimum Gasteiger partial charge on any atom is -0.295 e. The third kappa shape index (κ3) is 2.12. The Bertz CT molecular complexity index is 435. The van der Waals surface area contributed by atoms with Crippen molar-refractivity contribution >= 4 is 5.78 Å². The van der Waals surface area contributed by atoms with E-state index in [2.05, 4.69) is 0 Å². The van der Waals surface area contributed by atoms with E-state index in [1.54, 1.807) is 6.07 Å². The molecular weight excluding hydrogens is 198 g/mol. The number of hydrogen-bond donors (Lipinski definition) is 0. The molecule has 0 N–H and O–H groups in total. The molecule has 0 bridgehead atoms. The van der Waals surface area contributed by atoms with Gasteiger partial charge >= 0.3 is 0 Å². The van der Waals surface area contributed by atoms with Gasteiger partial charge in [0.2, 0.25) is 0 Å². The lowest BCUT2D eigenvalue weighted by Gasteiger charge is -2.03. The van der Waals surface area contributed by atoms with Crippen molar-refractivity contribution in [2.45, 2.75) is 19.3 Å². The number of carbonyl (C=O) groups is 1. The topological polar surface area (TPSA) is 17.1 Å². The van der Waals surface area contributed by atoms with Crippen molar-refractivity contribution in [3.63, 3.8) is 0 Å². The molecule has 0 saturated carbocycles. The lowest BCUT2D eigenvalue weighted by molar-refractivity contribution is -0.114. The van der Waals surface area contributed by atoms with E-state index in [1.165, 1.54) is 12.1 Å². The summed E-state index contributed by atoms with van der Waals surface area (Å²) in [6.45, 7) is 0. The Morgan fingerprint density at radius 2 is 2.00 bits per heavy atom. The molecule has 0 spiro atoms. The van der Waals surface area contributed by atoms with Gasteiger partial charge < -0.3 is 0 Å². The lowest BCUT2D eigenvalue weighted by atomic mass is 10.0. The zero-order chi connectivity index (χ0) is 10.8. The van der Waals surface area contributed by atoms with Crippen molar-refractivity contribution in [3.05, 3.63) is 47.0 Å². The summed E-state index contributed by atoms with van der Waals surface area (Å²) in [4.78, 5) is 11.0. The third-order valence-electron chi connectivity index (χ3n) is 2.51. The van der Waals surface area contributed by atoms with E-state index in [0.29, 0.717) is 24.8 Å². The maximum absolute atomic E-state index is 13.3. The SMILES string of the molecule is O=C1C=C(Cc2cccc(F)c2F)CC1. The molecule has 0 fully saturated rings. The second kappa shape index (κ2) is 3.93. The molecule has 0 aliphatic heterocycles. The zero-order valence-electron chi connectivity index (χ0n) is 8.09. The van der Waals surface area contributed by atoms with Gasteiger partial charge in [-0.1, -0.05) is 17.7 Å². The second-order valence-corrected chi connectivity index (χ2v) is 3.66. The summed E-state index contributed by atoms with van der Waals surface area (Å²) in [6, 6.07) is 4.11. The van der Waals surface area contributed by atoms with Gasteiger partial charge in [-0.2, -0.15) is 0 Å². The van der Waals surface area contributed by atoms with E-state index in [1.807, 2.05) is 0 Å². The Kier molecular flexibility index (Phi) is 2.62. The fraction of sp³-hybridized carbons (Fsp3) is 0.250. The van der Waals surface area contributed by atoms with Crippen LogP contribution in [0.1, 0.15) is 18.4 Å². The maximum atomic E-state index is 13.3. The first-order valence-electron chi connectivity index (χ1n) is 4.82. The molecule has 1 nitrogen and oxygen atoms in total. The van der Waals surface area contributed by atoms with E-state index < -0.39 is 11.6 Å². The van der Waals surface area contributed by atoms with Crippen molar-refractivity contribution in [2.75, 3.05) is 0 Å². The van der Waals surface area contributed by atoms with Gasteiger partial charge in [-0.25, -0.2) is 8.78 Å². The summed E-state index contributed by atoms with van der Waals surface area (Å²) < 4.78 is 26.1. The molecule has 78 valence electrons. The molecular formula is C12H10F2O. The number of carbonyl (C=O) groups excluding carboxylic acids is 1. The molecule has 1 aliphatic carbocycles. The highest BCUT2D eigenvalue weighted by atomic mass is 19.2. The standard InChI is InChI=1S/C12H10F2O/c13-11-3-1-2-9(12(11)14)6-8-4-5-10(15)7-8/h1-3,7H,4-6H2. The average molecular weight is 208 g/mol. The van der Waals surface area contributed by atoms with Crippen LogP contribution in [-0.2, 0) is 11.2 Å². The van der Waals surface area contributed by atoms with Gasteiger partial charge in [-0.15, -0.1) is 0 Å². The third-order valence-corrected chi connectivity index (χ3v) is 2.51. The second-order valence-electron chi connectivity index (χ2n) is 3.66. The molecule has 1 aliphatic rings. The molecule has 3 heteroatoms. The normalized spacial score (nSPS) is 15.6. The van der Waals surface area contributed by atoms with Gasteiger partial charge in [0.1, 0.15) is 0 Å². The molecule has 0 radical (unpaired) electrons. The summed E-state index contributed by atoms with van der Waals surface area (Å²) in [5, 5.41) is 0. The molecule has 1 aromatic rings. The molecule has 0 atom stereocenters. The number of hydrogen-bond acceptors (Lipinski definition) is 1. The van der Waals surface area contributed by atoms with E-state index in [-0.39, 0.29) is 5.78 Å². The van der Waals surface area contributed by atoms with Crippen LogP contribution in [0.2, 0.25) is 0 Å². The van der Waals surface area contributed by atoms with Crippen LogP contribution in [0.25, 0.3) is 0 Å². The predicted molar refractivity (Wildman–Crippen MR) is 52.4 cm³/mol. The van der Waals surface area contributed by atoms with Crippen molar-refractivity contribution in [1.29, 1.82) is 0 Å². The first-order valence-corrected chi connectivity index (χ1v) is 4.82. The highest BCUT2D eigenvalue weighted by Gasteiger charge is 2.15. The van der Waals surface area contributed by atoms with Crippen LogP contribution in [0.15, 0.2) is 29.8 Å². The highest BCUT2D eigenvalue weighted by molar-refractivity contribution is 5.93. The van der Waals surface area contributed by atoms with E-state index in [9.17, 15) is 13.6 Å². The van der Waals surface area contributed by atoms with Gasteiger partial charge in [-0.3, -0.25) is 4.79 Å². The van der Waals surface area contributed by atoms with Gasteiger partial charge in [0.15, 0.2) is 17.4 Å². The Hall–Kier alpha value is -1.51. The fourth-order valence-electron chi connectivity index (χ4n) is 1.72. The Morgan fingerprint density at radius 3 is 2.67 bits per heavy atom. The van der Waals surface area contributed by atoms with Crippen LogP contribution < -0.4 is 0 Å². The maximum Gasteiger partial charge on any atom is 0.162 e. The summed E-state index contributed by atoms with van der Waals surface area (Å²) in [7, 11) is 0. The monoisotopic (exact) mass is 208 g/mol. The first-order chi connectivity index (χ1) is 7.16. The van der Waals surface area contributed by atoms with Crippen LogP contribution in [0.5, 0.6) is 0 Å². The lowest BCUT2D eigenvalue weighted by Crippen LogP contribution is -1.95. The van der Waals surface area contributed by atoms with Crippen LogP contribution >= 0.6 is 0 Å². The smallest absolute Gasteiger partial charge is 0.162 e. The van der Waals surface area contributed by atoms with Crippen molar-refractivity contribution < 1.29 is 13.6 Å². The summed E-state index contributed by atoms with van der Waals surface area (Å²) in [5.74, 6) is -1.57. The largest absolute Gasteiger partial charge is 0.295 e. The van der Waals surface area contributed by atoms with Gasteiger partial charge in [0.25, 0.3) is 0 Å². The van der Waals surface area contributed by atoms with Gasteiger partial charge in [0, 0.05) is 6.42 Å².